The molecular formula is C21H23N3O5S. The average Bonchev–Trinajstić information content (AvgIpc) is 3.25. The maximum absolute atomic E-state index is 12.8. The van der Waals surface area contributed by atoms with E-state index in [-0.39, 0.29) is 5.78 Å². The SMILES string of the molecule is COc1ccc(-c2nc(SC(C)C(=O)c3ccc(OC)c(OC)c3)n[nH]2)c(OC)c1. The zero-order chi connectivity index (χ0) is 21.7. The highest BCUT2D eigenvalue weighted by molar-refractivity contribution is 8.00. The van der Waals surface area contributed by atoms with Crippen molar-refractivity contribution in [3.63, 3.8) is 0 Å². The Labute approximate surface area is 178 Å². The predicted octanol–water partition coefficient (Wildman–Crippen LogP) is 3.87. The molecule has 0 radical (unpaired) electrons. The average molecular weight is 429 g/mol. The minimum absolute atomic E-state index is 0.0608. The summed E-state index contributed by atoms with van der Waals surface area (Å²) < 4.78 is 21.1. The number of hydrogen-bond acceptors (Lipinski definition) is 8. The number of aromatic nitrogens is 3. The van der Waals surface area contributed by atoms with Crippen molar-refractivity contribution in [3.05, 3.63) is 42.0 Å². The molecule has 0 saturated carbocycles. The lowest BCUT2D eigenvalue weighted by Crippen LogP contribution is -2.14. The molecule has 0 aliphatic heterocycles. The Morgan fingerprint density at radius 3 is 2.33 bits per heavy atom. The molecule has 0 aliphatic carbocycles. The predicted molar refractivity (Wildman–Crippen MR) is 114 cm³/mol. The Hall–Kier alpha value is -3.20. The van der Waals surface area contributed by atoms with Crippen LogP contribution in [0.3, 0.4) is 0 Å². The molecule has 9 heteroatoms. The maximum atomic E-state index is 12.8. The molecule has 3 aromatic rings. The van der Waals surface area contributed by atoms with Gasteiger partial charge in [0.15, 0.2) is 23.1 Å². The number of ether oxygens (including phenoxy) is 4. The Balaban J connectivity index is 1.76. The number of aromatic amines is 1. The fourth-order valence-corrected chi connectivity index (χ4v) is 3.65. The molecule has 0 saturated heterocycles. The minimum atomic E-state index is -0.399. The van der Waals surface area contributed by atoms with Crippen LogP contribution >= 0.6 is 11.8 Å². The van der Waals surface area contributed by atoms with Crippen molar-refractivity contribution in [3.8, 4) is 34.4 Å². The van der Waals surface area contributed by atoms with Crippen LogP contribution in [0, 0.1) is 0 Å². The molecule has 3 rings (SSSR count). The van der Waals surface area contributed by atoms with Crippen molar-refractivity contribution in [1.82, 2.24) is 15.2 Å². The van der Waals surface area contributed by atoms with Gasteiger partial charge in [0, 0.05) is 11.6 Å². The van der Waals surface area contributed by atoms with Gasteiger partial charge >= 0.3 is 0 Å². The van der Waals surface area contributed by atoms with Crippen molar-refractivity contribution in [2.75, 3.05) is 28.4 Å². The standard InChI is InChI=1S/C21H23N3O5S/c1-12(19(25)13-6-9-16(27-3)18(10-13)29-5)30-21-22-20(23-24-21)15-8-7-14(26-2)11-17(15)28-4/h6-12H,1-5H3,(H,22,23,24). The highest BCUT2D eigenvalue weighted by Gasteiger charge is 2.21. The summed E-state index contributed by atoms with van der Waals surface area (Å²) in [7, 11) is 6.26. The number of nitrogens with one attached hydrogen (secondary N) is 1. The molecule has 0 aliphatic rings. The van der Waals surface area contributed by atoms with E-state index in [9.17, 15) is 4.79 Å². The number of thioether (sulfide) groups is 1. The second-order valence-corrected chi connectivity index (χ2v) is 7.53. The van der Waals surface area contributed by atoms with Gasteiger partial charge in [0.05, 0.1) is 39.3 Å². The van der Waals surface area contributed by atoms with E-state index in [2.05, 4.69) is 15.2 Å². The molecule has 0 bridgehead atoms. The third-order valence-corrected chi connectivity index (χ3v) is 5.41. The first kappa shape index (κ1) is 21.5. The van der Waals surface area contributed by atoms with Crippen LogP contribution in [-0.4, -0.2) is 54.7 Å². The second kappa shape index (κ2) is 9.53. The van der Waals surface area contributed by atoms with Crippen LogP contribution in [0.5, 0.6) is 23.0 Å². The van der Waals surface area contributed by atoms with E-state index < -0.39 is 5.25 Å². The Morgan fingerprint density at radius 1 is 0.933 bits per heavy atom. The topological polar surface area (TPSA) is 95.6 Å². The largest absolute Gasteiger partial charge is 0.497 e. The first-order valence-electron chi connectivity index (χ1n) is 9.08. The maximum Gasteiger partial charge on any atom is 0.209 e. The third kappa shape index (κ3) is 4.51. The van der Waals surface area contributed by atoms with Crippen LogP contribution in [0.25, 0.3) is 11.4 Å². The lowest BCUT2D eigenvalue weighted by atomic mass is 10.1. The molecule has 0 fully saturated rings. The Bertz CT molecular complexity index is 1040. The lowest BCUT2D eigenvalue weighted by Gasteiger charge is -2.11. The molecular weight excluding hydrogens is 406 g/mol. The lowest BCUT2D eigenvalue weighted by molar-refractivity contribution is 0.0993. The zero-order valence-corrected chi connectivity index (χ0v) is 18.2. The van der Waals surface area contributed by atoms with Crippen molar-refractivity contribution in [2.24, 2.45) is 0 Å². The summed E-state index contributed by atoms with van der Waals surface area (Å²) in [5.74, 6) is 2.85. The first-order chi connectivity index (χ1) is 14.5. The van der Waals surface area contributed by atoms with Crippen molar-refractivity contribution in [1.29, 1.82) is 0 Å². The number of H-pyrrole nitrogens is 1. The van der Waals surface area contributed by atoms with Crippen molar-refractivity contribution in [2.45, 2.75) is 17.3 Å². The first-order valence-corrected chi connectivity index (χ1v) is 9.96. The Morgan fingerprint density at radius 2 is 1.67 bits per heavy atom. The fraction of sp³-hybridized carbons (Fsp3) is 0.286. The van der Waals surface area contributed by atoms with E-state index >= 15 is 0 Å². The molecule has 0 amide bonds. The molecule has 1 N–H and O–H groups in total. The highest BCUT2D eigenvalue weighted by atomic mass is 32.2. The van der Waals surface area contributed by atoms with Gasteiger partial charge in [0.25, 0.3) is 0 Å². The molecule has 1 unspecified atom stereocenters. The van der Waals surface area contributed by atoms with Gasteiger partial charge in [-0.15, -0.1) is 5.10 Å². The molecule has 0 spiro atoms. The summed E-state index contributed by atoms with van der Waals surface area (Å²) in [6, 6.07) is 10.5. The normalized spacial score (nSPS) is 11.6. The van der Waals surface area contributed by atoms with Gasteiger partial charge in [0.2, 0.25) is 5.16 Å². The van der Waals surface area contributed by atoms with E-state index in [4.69, 9.17) is 18.9 Å². The number of Topliss-reactive ketones (excluding diaryl/α,β-unsaturated/α-hetero) is 1. The quantitative estimate of drug-likeness (QED) is 0.405. The number of rotatable bonds is 9. The summed E-state index contributed by atoms with van der Waals surface area (Å²) in [6.45, 7) is 1.81. The highest BCUT2D eigenvalue weighted by Crippen LogP contribution is 2.33. The number of carbonyl (C=O) groups excluding carboxylic acids is 1. The van der Waals surface area contributed by atoms with Gasteiger partial charge in [-0.1, -0.05) is 11.8 Å². The fourth-order valence-electron chi connectivity index (χ4n) is 2.85. The van der Waals surface area contributed by atoms with Crippen LogP contribution in [0.2, 0.25) is 0 Å². The summed E-state index contributed by atoms with van der Waals surface area (Å²) in [4.78, 5) is 17.3. The number of ketones is 1. The van der Waals surface area contributed by atoms with Gasteiger partial charge in [0.1, 0.15) is 11.5 Å². The summed E-state index contributed by atoms with van der Waals surface area (Å²) in [5, 5.41) is 7.20. The number of benzene rings is 2. The monoisotopic (exact) mass is 429 g/mol. The molecule has 30 heavy (non-hydrogen) atoms. The van der Waals surface area contributed by atoms with Gasteiger partial charge < -0.3 is 18.9 Å². The smallest absolute Gasteiger partial charge is 0.209 e. The number of nitrogens with zero attached hydrogens (tertiary/aromatic N) is 2. The molecule has 1 aromatic heterocycles. The molecule has 8 nitrogen and oxygen atoms in total. The van der Waals surface area contributed by atoms with Gasteiger partial charge in [-0.2, -0.15) is 0 Å². The zero-order valence-electron chi connectivity index (χ0n) is 17.4. The van der Waals surface area contributed by atoms with Gasteiger partial charge in [-0.25, -0.2) is 4.98 Å². The second-order valence-electron chi connectivity index (χ2n) is 6.23. The number of methoxy groups -OCH3 is 4. The van der Waals surface area contributed by atoms with E-state index in [1.54, 1.807) is 45.6 Å². The van der Waals surface area contributed by atoms with Gasteiger partial charge in [-0.3, -0.25) is 9.89 Å². The third-order valence-electron chi connectivity index (χ3n) is 4.45. The Kier molecular flexibility index (Phi) is 6.83. The van der Waals surface area contributed by atoms with E-state index in [0.29, 0.717) is 39.5 Å². The number of carbonyl (C=O) groups is 1. The van der Waals surface area contributed by atoms with E-state index in [1.807, 2.05) is 19.1 Å². The van der Waals surface area contributed by atoms with Gasteiger partial charge in [-0.05, 0) is 37.3 Å². The van der Waals surface area contributed by atoms with Crippen LogP contribution < -0.4 is 18.9 Å². The van der Waals surface area contributed by atoms with Crippen LogP contribution in [0.4, 0.5) is 0 Å². The number of hydrogen-bond donors (Lipinski definition) is 1. The van der Waals surface area contributed by atoms with Crippen molar-refractivity contribution < 1.29 is 23.7 Å². The van der Waals surface area contributed by atoms with Crippen LogP contribution in [-0.2, 0) is 0 Å². The summed E-state index contributed by atoms with van der Waals surface area (Å²) in [5.41, 5.74) is 1.27. The molecule has 158 valence electrons. The molecule has 1 atom stereocenters. The van der Waals surface area contributed by atoms with Crippen LogP contribution in [0.1, 0.15) is 17.3 Å². The van der Waals surface area contributed by atoms with Crippen LogP contribution in [0.15, 0.2) is 41.6 Å². The molecule has 2 aromatic carbocycles. The summed E-state index contributed by atoms with van der Waals surface area (Å²) >= 11 is 1.27. The minimum Gasteiger partial charge on any atom is -0.497 e. The molecule has 1 heterocycles. The van der Waals surface area contributed by atoms with Crippen molar-refractivity contribution >= 4 is 17.5 Å². The van der Waals surface area contributed by atoms with E-state index in [0.717, 1.165) is 5.56 Å². The van der Waals surface area contributed by atoms with E-state index in [1.165, 1.54) is 18.9 Å². The summed E-state index contributed by atoms with van der Waals surface area (Å²) in [6.07, 6.45) is 0.